The number of hydrogen-bond acceptors (Lipinski definition) is 7. The van der Waals surface area contributed by atoms with Gasteiger partial charge in [0.15, 0.2) is 0 Å². The van der Waals surface area contributed by atoms with Crippen molar-refractivity contribution in [1.29, 1.82) is 0 Å². The highest BCUT2D eigenvalue weighted by Crippen LogP contribution is 2.45. The van der Waals surface area contributed by atoms with Gasteiger partial charge in [0, 0.05) is 6.20 Å². The third-order valence-corrected chi connectivity index (χ3v) is 2.80. The predicted molar refractivity (Wildman–Crippen MR) is 63.3 cm³/mol. The summed E-state index contributed by atoms with van der Waals surface area (Å²) in [6.07, 6.45) is -3.42. The fourth-order valence-corrected chi connectivity index (χ4v) is 1.77. The topological polar surface area (TPSA) is 131 Å². The Morgan fingerprint density at radius 2 is 2.15 bits per heavy atom. The van der Waals surface area contributed by atoms with Gasteiger partial charge < -0.3 is 25.8 Å². The zero-order valence-electron chi connectivity index (χ0n) is 9.81. The van der Waals surface area contributed by atoms with Crippen LogP contribution in [0.15, 0.2) is 17.1 Å². The van der Waals surface area contributed by atoms with Gasteiger partial charge in [-0.15, -0.1) is 12.4 Å². The number of alkyl halides is 2. The van der Waals surface area contributed by atoms with Crippen LogP contribution in [0.1, 0.15) is 0 Å². The largest absolute Gasteiger partial charge is 0.394 e. The number of ether oxygens (including phenoxy) is 1. The Balaban J connectivity index is 0.00000200. The second-order valence-electron chi connectivity index (χ2n) is 4.02. The number of nitrogens with zero attached hydrogens (tertiary/aromatic N) is 2. The lowest BCUT2D eigenvalue weighted by molar-refractivity contribution is -0.325. The van der Waals surface area contributed by atoms with Crippen molar-refractivity contribution in [1.82, 2.24) is 9.55 Å². The molecular formula is C9H12ClF2N3O5. The lowest BCUT2D eigenvalue weighted by Gasteiger charge is -2.29. The number of rotatable bonds is 2. The number of aromatic nitrogens is 2. The quantitative estimate of drug-likeness (QED) is 0.508. The fraction of sp³-hybridized carbons (Fsp3) is 0.556. The maximum atomic E-state index is 14.5. The van der Waals surface area contributed by atoms with Crippen LogP contribution < -0.4 is 11.4 Å². The first-order chi connectivity index (χ1) is 8.74. The van der Waals surface area contributed by atoms with Crippen molar-refractivity contribution in [3.8, 4) is 0 Å². The lowest BCUT2D eigenvalue weighted by Crippen LogP contribution is -2.55. The maximum Gasteiger partial charge on any atom is 0.360 e. The minimum atomic E-state index is -3.94. The molecule has 114 valence electrons. The molecule has 5 N–H and O–H groups in total. The van der Waals surface area contributed by atoms with E-state index < -0.39 is 36.3 Å². The molecule has 0 aliphatic carbocycles. The van der Waals surface area contributed by atoms with Gasteiger partial charge in [-0.25, -0.2) is 13.8 Å². The van der Waals surface area contributed by atoms with Crippen molar-refractivity contribution in [3.05, 3.63) is 22.7 Å². The number of halogens is 3. The molecule has 0 unspecified atom stereocenters. The average molecular weight is 316 g/mol. The maximum absolute atomic E-state index is 14.5. The molecule has 0 amide bonds. The van der Waals surface area contributed by atoms with Crippen molar-refractivity contribution >= 4 is 18.2 Å². The molecule has 0 bridgehead atoms. The molecule has 1 aromatic rings. The summed E-state index contributed by atoms with van der Waals surface area (Å²) in [4.78, 5) is 14.6. The highest BCUT2D eigenvalue weighted by molar-refractivity contribution is 5.85. The van der Waals surface area contributed by atoms with Crippen molar-refractivity contribution in [3.63, 3.8) is 0 Å². The molecule has 1 aromatic heterocycles. The van der Waals surface area contributed by atoms with E-state index in [4.69, 9.17) is 10.8 Å². The second-order valence-corrected chi connectivity index (χ2v) is 4.02. The average Bonchev–Trinajstić information content (AvgIpc) is 2.50. The summed E-state index contributed by atoms with van der Waals surface area (Å²) >= 11 is 0. The van der Waals surface area contributed by atoms with E-state index in [2.05, 4.69) is 9.72 Å². The number of aliphatic hydroxyl groups excluding tert-OH is 2. The molecule has 2 rings (SSSR count). The standard InChI is InChI=1S/C9H11F2N3O5.ClH/c10-8(18)6(16)4(3-15)19-9(8,11)14-2-1-5(12)13-7(14)17;/h1-2,4,6,15-16,18H,3H2,(H2,12,13,17);1H/t4-,6-,8-,9+;/m1./s1. The van der Waals surface area contributed by atoms with Crippen molar-refractivity contribution in [2.24, 2.45) is 0 Å². The van der Waals surface area contributed by atoms with Crippen LogP contribution >= 0.6 is 12.4 Å². The summed E-state index contributed by atoms with van der Waals surface area (Å²) in [6, 6.07) is 0.973. The summed E-state index contributed by atoms with van der Waals surface area (Å²) < 4.78 is 32.8. The molecule has 20 heavy (non-hydrogen) atoms. The van der Waals surface area contributed by atoms with Crippen LogP contribution in [-0.4, -0.2) is 49.5 Å². The van der Waals surface area contributed by atoms with Crippen LogP contribution in [0, 0.1) is 0 Å². The Kier molecular flexibility index (Phi) is 4.36. The van der Waals surface area contributed by atoms with Gasteiger partial charge >= 0.3 is 17.5 Å². The minimum absolute atomic E-state index is 0. The van der Waals surface area contributed by atoms with Gasteiger partial charge in [-0.1, -0.05) is 0 Å². The molecule has 0 radical (unpaired) electrons. The van der Waals surface area contributed by atoms with Gasteiger partial charge in [-0.3, -0.25) is 0 Å². The Hall–Kier alpha value is -1.33. The van der Waals surface area contributed by atoms with Gasteiger partial charge in [0.1, 0.15) is 18.0 Å². The molecule has 0 aromatic carbocycles. The molecule has 4 atom stereocenters. The highest BCUT2D eigenvalue weighted by Gasteiger charge is 2.70. The van der Waals surface area contributed by atoms with Crippen LogP contribution in [0.5, 0.6) is 0 Å². The molecule has 8 nitrogen and oxygen atoms in total. The lowest BCUT2D eigenvalue weighted by atomic mass is 10.1. The Morgan fingerprint density at radius 3 is 2.60 bits per heavy atom. The van der Waals surface area contributed by atoms with Gasteiger partial charge in [0.2, 0.25) is 0 Å². The van der Waals surface area contributed by atoms with Gasteiger partial charge in [0.05, 0.1) is 6.61 Å². The first-order valence-corrected chi connectivity index (χ1v) is 5.16. The van der Waals surface area contributed by atoms with Crippen LogP contribution in [0.2, 0.25) is 0 Å². The summed E-state index contributed by atoms with van der Waals surface area (Å²) in [6.45, 7) is -0.962. The molecule has 1 saturated heterocycles. The number of nitrogen functional groups attached to an aromatic ring is 1. The highest BCUT2D eigenvalue weighted by atomic mass is 35.5. The molecule has 1 fully saturated rings. The number of hydrogen-bond donors (Lipinski definition) is 4. The summed E-state index contributed by atoms with van der Waals surface area (Å²) in [7, 11) is 0. The third-order valence-electron chi connectivity index (χ3n) is 2.80. The molecule has 1 aliphatic heterocycles. The molecule has 0 saturated carbocycles. The van der Waals surface area contributed by atoms with Gasteiger partial charge in [-0.05, 0) is 6.07 Å². The smallest absolute Gasteiger partial charge is 0.360 e. The van der Waals surface area contributed by atoms with Gasteiger partial charge in [0.25, 0.3) is 0 Å². The van der Waals surface area contributed by atoms with Crippen molar-refractivity contribution in [2.45, 2.75) is 24.0 Å². The van der Waals surface area contributed by atoms with E-state index in [1.807, 2.05) is 0 Å². The summed E-state index contributed by atoms with van der Waals surface area (Å²) in [5.74, 6) is -7.91. The first-order valence-electron chi connectivity index (χ1n) is 5.16. The van der Waals surface area contributed by atoms with E-state index in [-0.39, 0.29) is 22.8 Å². The normalized spacial score (nSPS) is 36.6. The third kappa shape index (κ3) is 2.15. The molecule has 2 heterocycles. The zero-order chi connectivity index (χ0) is 14.4. The molecule has 0 spiro atoms. The van der Waals surface area contributed by atoms with Crippen LogP contribution in [0.3, 0.4) is 0 Å². The number of anilines is 1. The van der Waals surface area contributed by atoms with E-state index >= 15 is 0 Å². The summed E-state index contributed by atoms with van der Waals surface area (Å²) in [5.41, 5.74) is 3.86. The predicted octanol–water partition coefficient (Wildman–Crippen LogP) is -1.76. The number of nitrogens with two attached hydrogens (primary N) is 1. The SMILES string of the molecule is Cl.Nc1ccn([C@]2(F)O[C@H](CO)[C@@H](O)[C@]2(O)F)c(=O)n1. The van der Waals surface area contributed by atoms with Gasteiger partial charge in [-0.2, -0.15) is 9.37 Å². The van der Waals surface area contributed by atoms with E-state index in [1.54, 1.807) is 0 Å². The molecule has 11 heteroatoms. The van der Waals surface area contributed by atoms with Crippen molar-refractivity contribution in [2.75, 3.05) is 12.3 Å². The van der Waals surface area contributed by atoms with E-state index in [0.29, 0.717) is 6.20 Å². The Morgan fingerprint density at radius 1 is 1.55 bits per heavy atom. The second kappa shape index (κ2) is 5.22. The fourth-order valence-electron chi connectivity index (χ4n) is 1.77. The van der Waals surface area contributed by atoms with Crippen LogP contribution in [0.4, 0.5) is 14.6 Å². The first kappa shape index (κ1) is 16.7. The monoisotopic (exact) mass is 315 g/mol. The van der Waals surface area contributed by atoms with E-state index in [0.717, 1.165) is 6.07 Å². The zero-order valence-corrected chi connectivity index (χ0v) is 10.6. The molecule has 1 aliphatic rings. The molecular weight excluding hydrogens is 304 g/mol. The van der Waals surface area contributed by atoms with E-state index in [9.17, 15) is 23.8 Å². The van der Waals surface area contributed by atoms with E-state index in [1.165, 1.54) is 0 Å². The van der Waals surface area contributed by atoms with Crippen molar-refractivity contribution < 1.29 is 28.8 Å². The van der Waals surface area contributed by atoms with Crippen LogP contribution in [0.25, 0.3) is 0 Å². The minimum Gasteiger partial charge on any atom is -0.394 e. The Labute approximate surface area is 116 Å². The summed E-state index contributed by atoms with van der Waals surface area (Å²) in [5, 5.41) is 27.5. The number of aliphatic hydroxyl groups is 3. The van der Waals surface area contributed by atoms with Crippen LogP contribution in [-0.2, 0) is 10.7 Å². The Bertz CT molecular complexity index is 557.